The predicted octanol–water partition coefficient (Wildman–Crippen LogP) is 3.17. The molecule has 27 heavy (non-hydrogen) atoms. The van der Waals surface area contributed by atoms with Gasteiger partial charge >= 0.3 is 0 Å². The molecule has 0 aromatic heterocycles. The lowest BCUT2D eigenvalue weighted by Gasteiger charge is -2.18. The van der Waals surface area contributed by atoms with Gasteiger partial charge in [-0.05, 0) is 55.2 Å². The quantitative estimate of drug-likeness (QED) is 0.695. The molecular formula is C21H26N2O3S. The number of benzene rings is 2. The second-order valence-electron chi connectivity index (χ2n) is 6.24. The van der Waals surface area contributed by atoms with E-state index in [2.05, 4.69) is 10.6 Å². The van der Waals surface area contributed by atoms with E-state index in [0.29, 0.717) is 24.3 Å². The molecule has 0 spiro atoms. The summed E-state index contributed by atoms with van der Waals surface area (Å²) < 4.78 is 5.10. The molecule has 0 saturated heterocycles. The molecule has 2 rings (SSSR count). The van der Waals surface area contributed by atoms with Crippen molar-refractivity contribution in [1.82, 2.24) is 10.6 Å². The van der Waals surface area contributed by atoms with Crippen LogP contribution in [0.4, 0.5) is 0 Å². The molecule has 2 aromatic carbocycles. The van der Waals surface area contributed by atoms with Crippen LogP contribution in [0, 0.1) is 6.92 Å². The van der Waals surface area contributed by atoms with E-state index in [0.717, 1.165) is 11.3 Å². The van der Waals surface area contributed by atoms with Crippen LogP contribution >= 0.6 is 11.8 Å². The Bertz CT molecular complexity index is 745. The molecule has 2 aromatic rings. The summed E-state index contributed by atoms with van der Waals surface area (Å²) in [6, 6.07) is 14.2. The van der Waals surface area contributed by atoms with Gasteiger partial charge in [0.2, 0.25) is 5.91 Å². The summed E-state index contributed by atoms with van der Waals surface area (Å²) >= 11 is 1.64. The molecule has 0 saturated carbocycles. The van der Waals surface area contributed by atoms with E-state index >= 15 is 0 Å². The predicted molar refractivity (Wildman–Crippen MR) is 110 cm³/mol. The monoisotopic (exact) mass is 386 g/mol. The summed E-state index contributed by atoms with van der Waals surface area (Å²) in [6.45, 7) is 2.46. The van der Waals surface area contributed by atoms with Crippen molar-refractivity contribution in [2.75, 3.05) is 19.1 Å². The number of aryl methyl sites for hydroxylation is 1. The first-order chi connectivity index (χ1) is 13.0. The molecule has 6 heteroatoms. The normalized spacial score (nSPS) is 11.5. The molecule has 0 radical (unpaired) electrons. The molecule has 0 aliphatic heterocycles. The summed E-state index contributed by atoms with van der Waals surface area (Å²) in [7, 11) is 1.58. The molecule has 2 amide bonds. The fourth-order valence-electron chi connectivity index (χ4n) is 2.51. The van der Waals surface area contributed by atoms with Gasteiger partial charge < -0.3 is 15.4 Å². The zero-order valence-electron chi connectivity index (χ0n) is 16.0. The summed E-state index contributed by atoms with van der Waals surface area (Å²) in [5.41, 5.74) is 2.70. The number of rotatable bonds is 9. The summed E-state index contributed by atoms with van der Waals surface area (Å²) in [6.07, 6.45) is 2.55. The third-order valence-corrected chi connectivity index (χ3v) is 4.82. The first-order valence-corrected chi connectivity index (χ1v) is 10.2. The minimum absolute atomic E-state index is 0.175. The zero-order chi connectivity index (χ0) is 19.6. The van der Waals surface area contributed by atoms with Crippen molar-refractivity contribution >= 4 is 23.6 Å². The van der Waals surface area contributed by atoms with Gasteiger partial charge in [-0.2, -0.15) is 11.8 Å². The Kier molecular flexibility index (Phi) is 8.20. The van der Waals surface area contributed by atoms with Gasteiger partial charge in [0.25, 0.3) is 5.91 Å². The van der Waals surface area contributed by atoms with Crippen LogP contribution in [0.5, 0.6) is 5.75 Å². The van der Waals surface area contributed by atoms with Crippen molar-refractivity contribution in [3.8, 4) is 5.75 Å². The number of hydrogen-bond donors (Lipinski definition) is 2. The van der Waals surface area contributed by atoms with Crippen LogP contribution in [0.2, 0.25) is 0 Å². The molecule has 0 aliphatic rings. The number of nitrogens with one attached hydrogen (secondary N) is 2. The highest BCUT2D eigenvalue weighted by Gasteiger charge is 2.21. The van der Waals surface area contributed by atoms with Gasteiger partial charge in [0.1, 0.15) is 11.8 Å². The average Bonchev–Trinajstić information content (AvgIpc) is 2.70. The van der Waals surface area contributed by atoms with Crippen molar-refractivity contribution in [1.29, 1.82) is 0 Å². The fraction of sp³-hybridized carbons (Fsp3) is 0.333. The highest BCUT2D eigenvalue weighted by Crippen LogP contribution is 2.12. The summed E-state index contributed by atoms with van der Waals surface area (Å²) in [5, 5.41) is 5.77. The fourth-order valence-corrected chi connectivity index (χ4v) is 2.98. The average molecular weight is 387 g/mol. The minimum atomic E-state index is -0.572. The Balaban J connectivity index is 1.98. The maximum atomic E-state index is 12.6. The van der Waals surface area contributed by atoms with E-state index in [1.165, 1.54) is 5.56 Å². The summed E-state index contributed by atoms with van der Waals surface area (Å²) in [4.78, 5) is 25.1. The molecule has 0 fully saturated rings. The maximum Gasteiger partial charge on any atom is 0.251 e. The van der Waals surface area contributed by atoms with Crippen molar-refractivity contribution < 1.29 is 14.3 Å². The molecule has 2 N–H and O–H groups in total. The van der Waals surface area contributed by atoms with Crippen LogP contribution in [0.3, 0.4) is 0 Å². The van der Waals surface area contributed by atoms with Crippen LogP contribution in [0.1, 0.15) is 27.9 Å². The van der Waals surface area contributed by atoms with Crippen LogP contribution in [0.25, 0.3) is 0 Å². The van der Waals surface area contributed by atoms with Crippen LogP contribution in [-0.2, 0) is 11.3 Å². The standard InChI is InChI=1S/C21H26N2O3S/c1-15-4-6-16(7-5-15)14-22-21(25)19(12-13-27-3)23-20(24)17-8-10-18(26-2)11-9-17/h4-11,19H,12-14H2,1-3H3,(H,22,25)(H,23,24)/t19-/m0/s1. The highest BCUT2D eigenvalue weighted by molar-refractivity contribution is 7.98. The molecule has 0 heterocycles. The number of carbonyl (C=O) groups is 2. The number of amides is 2. The first-order valence-electron chi connectivity index (χ1n) is 8.80. The minimum Gasteiger partial charge on any atom is -0.497 e. The Morgan fingerprint density at radius 1 is 1.07 bits per heavy atom. The number of methoxy groups -OCH3 is 1. The largest absolute Gasteiger partial charge is 0.497 e. The Labute approximate surface area is 164 Å². The van der Waals surface area contributed by atoms with Gasteiger partial charge in [-0.3, -0.25) is 9.59 Å². The highest BCUT2D eigenvalue weighted by atomic mass is 32.2. The van der Waals surface area contributed by atoms with Gasteiger partial charge in [0.05, 0.1) is 7.11 Å². The molecular weight excluding hydrogens is 360 g/mol. The second kappa shape index (κ2) is 10.6. The van der Waals surface area contributed by atoms with Gasteiger partial charge in [-0.15, -0.1) is 0 Å². The second-order valence-corrected chi connectivity index (χ2v) is 7.23. The lowest BCUT2D eigenvalue weighted by molar-refractivity contribution is -0.123. The van der Waals surface area contributed by atoms with E-state index in [-0.39, 0.29) is 11.8 Å². The van der Waals surface area contributed by atoms with Crippen LogP contribution in [0.15, 0.2) is 48.5 Å². The van der Waals surface area contributed by atoms with E-state index in [4.69, 9.17) is 4.74 Å². The van der Waals surface area contributed by atoms with E-state index in [1.807, 2.05) is 37.4 Å². The first kappa shape index (κ1) is 20.8. The maximum absolute atomic E-state index is 12.6. The van der Waals surface area contributed by atoms with E-state index in [9.17, 15) is 9.59 Å². The number of hydrogen-bond acceptors (Lipinski definition) is 4. The SMILES string of the molecule is COc1ccc(C(=O)N[C@@H](CCSC)C(=O)NCc2ccc(C)cc2)cc1. The van der Waals surface area contributed by atoms with Crippen molar-refractivity contribution in [2.45, 2.75) is 25.9 Å². The van der Waals surface area contributed by atoms with Crippen molar-refractivity contribution in [3.05, 3.63) is 65.2 Å². The Hall–Kier alpha value is -2.47. The molecule has 0 aliphatic carbocycles. The number of ether oxygens (including phenoxy) is 1. The topological polar surface area (TPSA) is 67.4 Å². The summed E-state index contributed by atoms with van der Waals surface area (Å²) in [5.74, 6) is 1.02. The van der Waals surface area contributed by atoms with Gasteiger partial charge in [0, 0.05) is 12.1 Å². The molecule has 0 bridgehead atoms. The molecule has 1 atom stereocenters. The smallest absolute Gasteiger partial charge is 0.251 e. The zero-order valence-corrected chi connectivity index (χ0v) is 16.8. The molecule has 0 unspecified atom stereocenters. The van der Waals surface area contributed by atoms with Crippen molar-refractivity contribution in [2.24, 2.45) is 0 Å². The number of carbonyl (C=O) groups excluding carboxylic acids is 2. The van der Waals surface area contributed by atoms with Crippen molar-refractivity contribution in [3.63, 3.8) is 0 Å². The van der Waals surface area contributed by atoms with Gasteiger partial charge in [0.15, 0.2) is 0 Å². The van der Waals surface area contributed by atoms with Gasteiger partial charge in [-0.25, -0.2) is 0 Å². The van der Waals surface area contributed by atoms with E-state index in [1.54, 1.807) is 43.1 Å². The number of thioether (sulfide) groups is 1. The lowest BCUT2D eigenvalue weighted by Crippen LogP contribution is -2.46. The third-order valence-electron chi connectivity index (χ3n) is 4.17. The lowest BCUT2D eigenvalue weighted by atomic mass is 10.1. The Morgan fingerprint density at radius 2 is 1.74 bits per heavy atom. The Morgan fingerprint density at radius 3 is 2.33 bits per heavy atom. The van der Waals surface area contributed by atoms with Gasteiger partial charge in [-0.1, -0.05) is 29.8 Å². The third kappa shape index (κ3) is 6.64. The van der Waals surface area contributed by atoms with Crippen LogP contribution < -0.4 is 15.4 Å². The molecule has 5 nitrogen and oxygen atoms in total. The molecule has 144 valence electrons. The van der Waals surface area contributed by atoms with Crippen LogP contribution in [-0.4, -0.2) is 37.0 Å². The van der Waals surface area contributed by atoms with E-state index < -0.39 is 6.04 Å².